The molecule has 0 atom stereocenters. The predicted molar refractivity (Wildman–Crippen MR) is 53.0 cm³/mol. The fourth-order valence-electron chi connectivity index (χ4n) is 1.10. The molecule has 0 amide bonds. The molecule has 0 aliphatic heterocycles. The van der Waals surface area contributed by atoms with Crippen LogP contribution in [0.1, 0.15) is 39.0 Å². The largest absolute Gasteiger partial charge is 0.228 e. The zero-order valence-corrected chi connectivity index (χ0v) is 8.94. The molecule has 0 saturated heterocycles. The van der Waals surface area contributed by atoms with E-state index in [-0.39, 0.29) is 11.5 Å². The van der Waals surface area contributed by atoms with E-state index in [1.807, 2.05) is 0 Å². The van der Waals surface area contributed by atoms with Crippen molar-refractivity contribution in [2.45, 2.75) is 39.0 Å². The Morgan fingerprint density at radius 2 is 1.77 bits per heavy atom. The summed E-state index contributed by atoms with van der Waals surface area (Å²) in [7, 11) is -3.08. The summed E-state index contributed by atoms with van der Waals surface area (Å²) in [5.41, 5.74) is 0. The van der Waals surface area contributed by atoms with Gasteiger partial charge in [0.1, 0.15) is 5.75 Å². The lowest BCUT2D eigenvalue weighted by molar-refractivity contribution is 0.590. The molecule has 13 heavy (non-hydrogen) atoms. The van der Waals surface area contributed by atoms with Gasteiger partial charge >= 0.3 is 0 Å². The highest BCUT2D eigenvalue weighted by Crippen LogP contribution is 2.04. The zero-order valence-electron chi connectivity index (χ0n) is 8.12. The molecule has 0 saturated carbocycles. The minimum atomic E-state index is -3.08. The lowest BCUT2D eigenvalue weighted by Crippen LogP contribution is -2.09. The Morgan fingerprint density at radius 3 is 2.31 bits per heavy atom. The molecular weight excluding hydrogens is 186 g/mol. The Labute approximate surface area is 80.7 Å². The van der Waals surface area contributed by atoms with Crippen LogP contribution in [-0.4, -0.2) is 19.9 Å². The van der Waals surface area contributed by atoms with Crippen molar-refractivity contribution < 1.29 is 8.42 Å². The van der Waals surface area contributed by atoms with Gasteiger partial charge in [-0.3, -0.25) is 0 Å². The van der Waals surface area contributed by atoms with E-state index in [9.17, 15) is 8.42 Å². The summed E-state index contributed by atoms with van der Waals surface area (Å²) in [5, 5.41) is 8.21. The number of nitrogens with zero attached hydrogens (tertiary/aromatic N) is 1. The van der Waals surface area contributed by atoms with E-state index >= 15 is 0 Å². The van der Waals surface area contributed by atoms with Crippen LogP contribution in [-0.2, 0) is 9.84 Å². The Kier molecular flexibility index (Phi) is 6.61. The zero-order chi connectivity index (χ0) is 10.2. The predicted octanol–water partition coefficient (Wildman–Crippen LogP) is 1.90. The summed E-state index contributed by atoms with van der Waals surface area (Å²) in [6.07, 6.45) is 5.07. The van der Waals surface area contributed by atoms with E-state index in [0.29, 0.717) is 6.42 Å². The number of unbranched alkanes of at least 4 members (excludes halogenated alkanes) is 4. The summed E-state index contributed by atoms with van der Waals surface area (Å²) in [4.78, 5) is 0. The highest BCUT2D eigenvalue weighted by atomic mass is 32.2. The normalized spacial score (nSPS) is 11.1. The fraction of sp³-hybridized carbons (Fsp3) is 0.889. The van der Waals surface area contributed by atoms with E-state index < -0.39 is 9.84 Å². The molecule has 0 bridgehead atoms. The highest BCUT2D eigenvalue weighted by molar-refractivity contribution is 7.91. The number of hydrogen-bond donors (Lipinski definition) is 0. The van der Waals surface area contributed by atoms with E-state index in [0.717, 1.165) is 25.7 Å². The molecule has 0 aromatic heterocycles. The molecule has 0 aromatic rings. The maximum atomic E-state index is 11.0. The average molecular weight is 203 g/mol. The number of hydrogen-bond acceptors (Lipinski definition) is 3. The first-order valence-electron chi connectivity index (χ1n) is 4.69. The molecule has 0 aliphatic carbocycles. The van der Waals surface area contributed by atoms with Crippen LogP contribution in [0.3, 0.4) is 0 Å². The second kappa shape index (κ2) is 6.90. The maximum Gasteiger partial charge on any atom is 0.163 e. The SMILES string of the molecule is CCCCCCCS(=O)(=O)CC#N. The van der Waals surface area contributed by atoms with Crippen molar-refractivity contribution >= 4 is 9.84 Å². The molecule has 3 nitrogen and oxygen atoms in total. The third-order valence-electron chi connectivity index (χ3n) is 1.84. The summed E-state index contributed by atoms with van der Waals surface area (Å²) >= 11 is 0. The summed E-state index contributed by atoms with van der Waals surface area (Å²) in [6.45, 7) is 2.12. The molecule has 4 heteroatoms. The first-order valence-corrected chi connectivity index (χ1v) is 6.52. The third-order valence-corrected chi connectivity index (χ3v) is 3.32. The van der Waals surface area contributed by atoms with Crippen molar-refractivity contribution in [3.63, 3.8) is 0 Å². The molecule has 0 aliphatic rings. The van der Waals surface area contributed by atoms with Crippen LogP contribution >= 0.6 is 0 Å². The van der Waals surface area contributed by atoms with Crippen LogP contribution in [0.15, 0.2) is 0 Å². The van der Waals surface area contributed by atoms with Gasteiger partial charge in [-0.15, -0.1) is 0 Å². The van der Waals surface area contributed by atoms with Crippen LogP contribution < -0.4 is 0 Å². The van der Waals surface area contributed by atoms with Gasteiger partial charge in [0.05, 0.1) is 11.8 Å². The van der Waals surface area contributed by atoms with E-state index in [1.54, 1.807) is 6.07 Å². The molecule has 0 rings (SSSR count). The van der Waals surface area contributed by atoms with Crippen molar-refractivity contribution in [2.24, 2.45) is 0 Å². The maximum absolute atomic E-state index is 11.0. The van der Waals surface area contributed by atoms with Gasteiger partial charge in [-0.2, -0.15) is 5.26 Å². The van der Waals surface area contributed by atoms with Crippen molar-refractivity contribution in [1.82, 2.24) is 0 Å². The summed E-state index contributed by atoms with van der Waals surface area (Å²) in [5.74, 6) is -0.162. The van der Waals surface area contributed by atoms with Crippen molar-refractivity contribution in [3.8, 4) is 6.07 Å². The molecule has 0 aromatic carbocycles. The molecule has 76 valence electrons. The second-order valence-corrected chi connectivity index (χ2v) is 5.35. The van der Waals surface area contributed by atoms with Crippen LogP contribution in [0.2, 0.25) is 0 Å². The Balaban J connectivity index is 3.48. The molecule has 0 unspecified atom stereocenters. The number of sulfone groups is 1. The Bertz CT molecular complexity index is 251. The Morgan fingerprint density at radius 1 is 1.15 bits per heavy atom. The quantitative estimate of drug-likeness (QED) is 0.594. The smallest absolute Gasteiger partial charge is 0.163 e. The standard InChI is InChI=1S/C9H17NO2S/c1-2-3-4-5-6-8-13(11,12)9-7-10/h2-6,8-9H2,1H3. The topological polar surface area (TPSA) is 57.9 Å². The molecule has 0 fully saturated rings. The van der Waals surface area contributed by atoms with Gasteiger partial charge in [0.15, 0.2) is 9.84 Å². The van der Waals surface area contributed by atoms with Crippen LogP contribution in [0.4, 0.5) is 0 Å². The van der Waals surface area contributed by atoms with Crippen LogP contribution in [0, 0.1) is 11.3 Å². The van der Waals surface area contributed by atoms with Gasteiger partial charge < -0.3 is 0 Å². The lowest BCUT2D eigenvalue weighted by atomic mass is 10.2. The third kappa shape index (κ3) is 7.79. The van der Waals surface area contributed by atoms with Gasteiger partial charge in [-0.05, 0) is 6.42 Å². The van der Waals surface area contributed by atoms with Crippen molar-refractivity contribution in [3.05, 3.63) is 0 Å². The van der Waals surface area contributed by atoms with Gasteiger partial charge in [-0.25, -0.2) is 8.42 Å². The first kappa shape index (κ1) is 12.4. The molecule has 0 radical (unpaired) electrons. The van der Waals surface area contributed by atoms with Crippen LogP contribution in [0.25, 0.3) is 0 Å². The van der Waals surface area contributed by atoms with Crippen LogP contribution in [0.5, 0.6) is 0 Å². The lowest BCUT2D eigenvalue weighted by Gasteiger charge is -1.99. The summed E-state index contributed by atoms with van der Waals surface area (Å²) < 4.78 is 22.1. The average Bonchev–Trinajstić information content (AvgIpc) is 2.04. The van der Waals surface area contributed by atoms with Crippen molar-refractivity contribution in [1.29, 1.82) is 5.26 Å². The van der Waals surface area contributed by atoms with Gasteiger partial charge in [0, 0.05) is 0 Å². The number of nitriles is 1. The molecule has 0 spiro atoms. The van der Waals surface area contributed by atoms with E-state index in [2.05, 4.69) is 6.92 Å². The molecule has 0 heterocycles. The van der Waals surface area contributed by atoms with Gasteiger partial charge in [0.2, 0.25) is 0 Å². The molecule has 0 N–H and O–H groups in total. The number of rotatable bonds is 7. The molecular formula is C9H17NO2S. The van der Waals surface area contributed by atoms with Crippen molar-refractivity contribution in [2.75, 3.05) is 11.5 Å². The fourth-order valence-corrected chi connectivity index (χ4v) is 2.08. The minimum Gasteiger partial charge on any atom is -0.228 e. The van der Waals surface area contributed by atoms with E-state index in [4.69, 9.17) is 5.26 Å². The van der Waals surface area contributed by atoms with Gasteiger partial charge in [0.25, 0.3) is 0 Å². The van der Waals surface area contributed by atoms with Gasteiger partial charge in [-0.1, -0.05) is 32.6 Å². The second-order valence-electron chi connectivity index (χ2n) is 3.16. The first-order chi connectivity index (χ1) is 6.12. The minimum absolute atomic E-state index is 0.171. The van der Waals surface area contributed by atoms with E-state index in [1.165, 1.54) is 0 Å². The highest BCUT2D eigenvalue weighted by Gasteiger charge is 2.08. The monoisotopic (exact) mass is 203 g/mol. The summed E-state index contributed by atoms with van der Waals surface area (Å²) in [6, 6.07) is 1.67. The Hall–Kier alpha value is -0.560.